The van der Waals surface area contributed by atoms with Gasteiger partial charge in [0.2, 0.25) is 0 Å². The van der Waals surface area contributed by atoms with E-state index in [9.17, 15) is 4.79 Å². The van der Waals surface area contributed by atoms with Crippen LogP contribution in [0.2, 0.25) is 5.02 Å². The molecule has 1 aromatic rings. The van der Waals surface area contributed by atoms with E-state index in [2.05, 4.69) is 15.0 Å². The number of fused-ring (bicyclic) bond motifs is 1. The average Bonchev–Trinajstić information content (AvgIpc) is 2.91. The van der Waals surface area contributed by atoms with Gasteiger partial charge in [0.25, 0.3) is 0 Å². The largest absolute Gasteiger partial charge is 0.508 e. The summed E-state index contributed by atoms with van der Waals surface area (Å²) in [7, 11) is 1.29. The van der Waals surface area contributed by atoms with Crippen LogP contribution in [-0.2, 0) is 9.47 Å². The quantitative estimate of drug-likeness (QED) is 0.859. The van der Waals surface area contributed by atoms with Crippen molar-refractivity contribution >= 4 is 23.3 Å². The minimum atomic E-state index is -0.697. The number of nitrogens with zero attached hydrogens (tertiary/aromatic N) is 1. The lowest BCUT2D eigenvalue weighted by molar-refractivity contribution is 0.0801. The number of carbonyl (C=O) groups is 1. The molecular weight excluding hydrogens is 316 g/mol. The summed E-state index contributed by atoms with van der Waals surface area (Å²) in [6.07, 6.45) is 5.29. The van der Waals surface area contributed by atoms with Gasteiger partial charge in [0.05, 0.1) is 7.11 Å². The number of halogens is 1. The number of benzene rings is 1. The maximum absolute atomic E-state index is 11.2. The van der Waals surface area contributed by atoms with Crippen LogP contribution in [0.5, 0.6) is 0 Å². The fraction of sp³-hybridized carbons (Fsp3) is 0.235. The molecule has 0 saturated carbocycles. The highest BCUT2D eigenvalue weighted by atomic mass is 35.5. The van der Waals surface area contributed by atoms with Crippen molar-refractivity contribution in [3.63, 3.8) is 0 Å². The van der Waals surface area contributed by atoms with Crippen molar-refractivity contribution in [3.05, 3.63) is 64.6 Å². The van der Waals surface area contributed by atoms with Gasteiger partial charge in [-0.1, -0.05) is 23.7 Å². The van der Waals surface area contributed by atoms with Gasteiger partial charge in [-0.15, -0.1) is 0 Å². The van der Waals surface area contributed by atoms with Gasteiger partial charge in [-0.2, -0.15) is 0 Å². The molecule has 2 aliphatic rings. The van der Waals surface area contributed by atoms with Crippen molar-refractivity contribution in [1.29, 1.82) is 0 Å². The Hall–Kier alpha value is -2.40. The lowest BCUT2D eigenvalue weighted by atomic mass is 9.97. The second-order valence-electron chi connectivity index (χ2n) is 5.36. The molecule has 1 N–H and O–H groups in total. The summed E-state index contributed by atoms with van der Waals surface area (Å²) >= 11 is 6.12. The Bertz CT molecular complexity index is 724. The summed E-state index contributed by atoms with van der Waals surface area (Å²) < 4.78 is 9.55. The van der Waals surface area contributed by atoms with Crippen LogP contribution >= 0.6 is 11.6 Å². The fourth-order valence-electron chi connectivity index (χ4n) is 2.67. The van der Waals surface area contributed by atoms with Gasteiger partial charge in [0, 0.05) is 34.3 Å². The van der Waals surface area contributed by atoms with E-state index in [0.29, 0.717) is 5.02 Å². The van der Waals surface area contributed by atoms with Crippen molar-refractivity contribution in [2.45, 2.75) is 13.1 Å². The Morgan fingerprint density at radius 2 is 2.22 bits per heavy atom. The fourth-order valence-corrected chi connectivity index (χ4v) is 2.86. The first kappa shape index (κ1) is 15.5. The molecule has 0 fully saturated rings. The minimum absolute atomic E-state index is 0.00958. The van der Waals surface area contributed by atoms with Crippen LogP contribution in [0.3, 0.4) is 0 Å². The van der Waals surface area contributed by atoms with Crippen molar-refractivity contribution in [1.82, 2.24) is 10.2 Å². The Morgan fingerprint density at radius 1 is 1.39 bits per heavy atom. The second-order valence-corrected chi connectivity index (χ2v) is 5.80. The second kappa shape index (κ2) is 6.38. The Labute approximate surface area is 139 Å². The third-order valence-electron chi connectivity index (χ3n) is 3.64. The summed E-state index contributed by atoms with van der Waals surface area (Å²) in [6, 6.07) is 7.69. The summed E-state index contributed by atoms with van der Waals surface area (Å²) in [5.41, 5.74) is 4.02. The lowest BCUT2D eigenvalue weighted by Crippen LogP contribution is -2.36. The molecule has 5 nitrogen and oxygen atoms in total. The highest BCUT2D eigenvalue weighted by Crippen LogP contribution is 2.32. The van der Waals surface area contributed by atoms with Gasteiger partial charge in [0.15, 0.2) is 0 Å². The zero-order valence-corrected chi connectivity index (χ0v) is 13.6. The van der Waals surface area contributed by atoms with Crippen LogP contribution in [0.15, 0.2) is 54.0 Å². The van der Waals surface area contributed by atoms with Crippen molar-refractivity contribution in [2.75, 3.05) is 13.7 Å². The number of methoxy groups -OCH3 is 1. The van der Waals surface area contributed by atoms with E-state index in [1.807, 2.05) is 49.7 Å². The lowest BCUT2D eigenvalue weighted by Gasteiger charge is -2.30. The summed E-state index contributed by atoms with van der Waals surface area (Å²) in [5, 5.41) is 4.10. The van der Waals surface area contributed by atoms with Gasteiger partial charge in [-0.25, -0.2) is 4.79 Å². The molecule has 2 heterocycles. The first-order chi connectivity index (χ1) is 11.1. The van der Waals surface area contributed by atoms with Crippen LogP contribution in [0.25, 0.3) is 5.57 Å². The number of allylic oxidation sites excluding steroid dienone is 1. The van der Waals surface area contributed by atoms with Crippen LogP contribution in [0, 0.1) is 0 Å². The molecule has 6 heteroatoms. The maximum Gasteiger partial charge on any atom is 0.508 e. The molecule has 1 aromatic carbocycles. The third-order valence-corrected chi connectivity index (χ3v) is 3.87. The van der Waals surface area contributed by atoms with E-state index in [-0.39, 0.29) is 12.8 Å². The van der Waals surface area contributed by atoms with E-state index in [1.165, 1.54) is 7.11 Å². The van der Waals surface area contributed by atoms with Gasteiger partial charge in [0.1, 0.15) is 12.8 Å². The van der Waals surface area contributed by atoms with Gasteiger partial charge in [-0.3, -0.25) is 0 Å². The molecule has 0 bridgehead atoms. The Kier molecular flexibility index (Phi) is 4.30. The number of ether oxygens (including phenoxy) is 2. The number of nitrogens with one attached hydrogen (secondary N) is 1. The molecule has 3 rings (SSSR count). The van der Waals surface area contributed by atoms with Gasteiger partial charge >= 0.3 is 6.16 Å². The Balaban J connectivity index is 1.91. The predicted octanol–water partition coefficient (Wildman–Crippen LogP) is 3.50. The standard InChI is InChI=1S/C17H17ClN2O3/c1-11-8-20-9-12(10-23-17(21)22-2)6-15(16(20)19-11)13-4-3-5-14(18)7-13/h3-9,16,19H,10H2,1-2H3. The monoisotopic (exact) mass is 332 g/mol. The zero-order chi connectivity index (χ0) is 16.4. The molecular formula is C17H17ClN2O3. The van der Waals surface area contributed by atoms with Crippen LogP contribution in [0.4, 0.5) is 4.79 Å². The molecule has 23 heavy (non-hydrogen) atoms. The zero-order valence-electron chi connectivity index (χ0n) is 12.9. The third kappa shape index (κ3) is 3.35. The molecule has 0 saturated heterocycles. The number of hydrogen-bond donors (Lipinski definition) is 1. The molecule has 1 unspecified atom stereocenters. The molecule has 0 amide bonds. The van der Waals surface area contributed by atoms with E-state index >= 15 is 0 Å². The normalized spacial score (nSPS) is 19.2. The highest BCUT2D eigenvalue weighted by Gasteiger charge is 2.29. The highest BCUT2D eigenvalue weighted by molar-refractivity contribution is 6.30. The molecule has 0 aliphatic carbocycles. The molecule has 0 aromatic heterocycles. The molecule has 2 aliphatic heterocycles. The van der Waals surface area contributed by atoms with Gasteiger partial charge in [-0.05, 0) is 30.7 Å². The predicted molar refractivity (Wildman–Crippen MR) is 88.4 cm³/mol. The molecule has 1 atom stereocenters. The molecule has 0 spiro atoms. The smallest absolute Gasteiger partial charge is 0.438 e. The first-order valence-electron chi connectivity index (χ1n) is 7.18. The SMILES string of the molecule is COC(=O)OCC1=CN2C=C(C)NC2C(c2cccc(Cl)c2)=C1. The summed E-state index contributed by atoms with van der Waals surface area (Å²) in [6.45, 7) is 2.15. The topological polar surface area (TPSA) is 50.8 Å². The number of rotatable bonds is 3. The van der Waals surface area contributed by atoms with E-state index < -0.39 is 6.16 Å². The maximum atomic E-state index is 11.2. The average molecular weight is 333 g/mol. The molecule has 0 radical (unpaired) electrons. The van der Waals surface area contributed by atoms with Crippen molar-refractivity contribution in [3.8, 4) is 0 Å². The van der Waals surface area contributed by atoms with Crippen LogP contribution in [-0.4, -0.2) is 30.9 Å². The number of carbonyl (C=O) groups excluding carboxylic acids is 1. The van der Waals surface area contributed by atoms with E-state index in [1.54, 1.807) is 0 Å². The minimum Gasteiger partial charge on any atom is -0.438 e. The van der Waals surface area contributed by atoms with Crippen LogP contribution in [0.1, 0.15) is 12.5 Å². The van der Waals surface area contributed by atoms with Crippen LogP contribution < -0.4 is 5.32 Å². The summed E-state index contributed by atoms with van der Waals surface area (Å²) in [4.78, 5) is 13.2. The van der Waals surface area contributed by atoms with Crippen molar-refractivity contribution < 1.29 is 14.3 Å². The number of hydrogen-bond acceptors (Lipinski definition) is 5. The molecule has 120 valence electrons. The van der Waals surface area contributed by atoms with E-state index in [4.69, 9.17) is 16.3 Å². The summed E-state index contributed by atoms with van der Waals surface area (Å²) in [5.74, 6) is 0. The van der Waals surface area contributed by atoms with Gasteiger partial charge < -0.3 is 19.7 Å². The van der Waals surface area contributed by atoms with Crippen molar-refractivity contribution in [2.24, 2.45) is 0 Å². The Morgan fingerprint density at radius 3 is 2.96 bits per heavy atom. The van der Waals surface area contributed by atoms with E-state index in [0.717, 1.165) is 22.4 Å². The first-order valence-corrected chi connectivity index (χ1v) is 7.56.